The van der Waals surface area contributed by atoms with E-state index in [4.69, 9.17) is 0 Å². The molecule has 5 aromatic carbocycles. The van der Waals surface area contributed by atoms with Gasteiger partial charge < -0.3 is 8.80 Å². The van der Waals surface area contributed by atoms with Crippen LogP contribution in [0.3, 0.4) is 0 Å². The first-order valence-corrected chi connectivity index (χ1v) is 11.5. The first kappa shape index (κ1) is 16.3. The van der Waals surface area contributed by atoms with Crippen LogP contribution in [0.15, 0.2) is 91.0 Å². The number of aryl methyl sites for hydroxylation is 1. The van der Waals surface area contributed by atoms with Crippen LogP contribution in [-0.4, -0.2) is 8.80 Å². The Kier molecular flexibility index (Phi) is 2.57. The lowest BCUT2D eigenvalue weighted by molar-refractivity contribution is 1.35. The molecule has 0 N–H and O–H groups in total. The van der Waals surface area contributed by atoms with E-state index in [9.17, 15) is 0 Å². The zero-order valence-corrected chi connectivity index (χ0v) is 18.1. The number of benzene rings is 5. The zero-order valence-electron chi connectivity index (χ0n) is 18.1. The van der Waals surface area contributed by atoms with Crippen LogP contribution in [-0.2, 0) is 0 Å². The average Bonchev–Trinajstić information content (AvgIpc) is 3.55. The fourth-order valence-corrected chi connectivity index (χ4v) is 6.52. The molecule has 0 atom stereocenters. The molecule has 0 spiro atoms. The minimum Gasteiger partial charge on any atom is -0.308 e. The first-order chi connectivity index (χ1) is 16.3. The molecule has 0 aliphatic rings. The standard InChI is InChI=1S/C31H18N2/c1-17-12-13-27-23(14-17)20-8-5-10-22-25-15-24-21-9-4-7-19-18-6-2-3-11-26(18)32(30(19)21)28(24)16-29(25)33(27)31(20)22/h2-16H,1H3. The minimum atomic E-state index is 1.28. The summed E-state index contributed by atoms with van der Waals surface area (Å²) in [5.74, 6) is 0. The van der Waals surface area contributed by atoms with E-state index in [1.54, 1.807) is 0 Å². The van der Waals surface area contributed by atoms with Crippen molar-refractivity contribution in [3.05, 3.63) is 96.6 Å². The van der Waals surface area contributed by atoms with E-state index in [1.807, 2.05) is 0 Å². The van der Waals surface area contributed by atoms with Gasteiger partial charge in [0.2, 0.25) is 0 Å². The highest BCUT2D eigenvalue weighted by Crippen LogP contribution is 2.44. The van der Waals surface area contributed by atoms with Crippen molar-refractivity contribution in [2.45, 2.75) is 6.92 Å². The monoisotopic (exact) mass is 418 g/mol. The van der Waals surface area contributed by atoms with Crippen molar-refractivity contribution in [3.63, 3.8) is 0 Å². The topological polar surface area (TPSA) is 8.82 Å². The molecule has 4 heterocycles. The second kappa shape index (κ2) is 5.19. The molecule has 9 rings (SSSR count). The average molecular weight is 418 g/mol. The van der Waals surface area contributed by atoms with Crippen LogP contribution in [0.2, 0.25) is 0 Å². The summed E-state index contributed by atoms with van der Waals surface area (Å²) in [5.41, 5.74) is 9.13. The molecule has 0 saturated heterocycles. The Balaban J connectivity index is 1.62. The first-order valence-electron chi connectivity index (χ1n) is 11.5. The largest absolute Gasteiger partial charge is 0.308 e. The highest BCUT2D eigenvalue weighted by atomic mass is 14.9. The summed E-state index contributed by atoms with van der Waals surface area (Å²) in [5, 5.41) is 10.7. The molecule has 0 fully saturated rings. The molecule has 0 aliphatic carbocycles. The van der Waals surface area contributed by atoms with Gasteiger partial charge in [-0.05, 0) is 37.3 Å². The number of aromatic nitrogens is 2. The molecule has 33 heavy (non-hydrogen) atoms. The summed E-state index contributed by atoms with van der Waals surface area (Å²) in [4.78, 5) is 0. The van der Waals surface area contributed by atoms with Gasteiger partial charge in [-0.15, -0.1) is 0 Å². The summed E-state index contributed by atoms with van der Waals surface area (Å²) in [6.45, 7) is 2.18. The van der Waals surface area contributed by atoms with Crippen molar-refractivity contribution in [1.82, 2.24) is 8.80 Å². The predicted octanol–water partition coefficient (Wildman–Crippen LogP) is 8.30. The Labute approximate surface area is 188 Å². The lowest BCUT2D eigenvalue weighted by Gasteiger charge is -2.02. The van der Waals surface area contributed by atoms with Gasteiger partial charge in [-0.2, -0.15) is 0 Å². The predicted molar refractivity (Wildman–Crippen MR) is 140 cm³/mol. The Hall–Kier alpha value is -4.30. The maximum Gasteiger partial charge on any atom is 0.0620 e. The smallest absolute Gasteiger partial charge is 0.0620 e. The quantitative estimate of drug-likeness (QED) is 0.234. The summed E-state index contributed by atoms with van der Waals surface area (Å²) in [7, 11) is 0. The summed E-state index contributed by atoms with van der Waals surface area (Å²) in [6.07, 6.45) is 0. The van der Waals surface area contributed by atoms with E-state index < -0.39 is 0 Å². The SMILES string of the molecule is Cc1ccc2c(c1)c1cccc3c4cc5c6cccc7c8ccccc8n(c5cc4n2c13)c76. The molecule has 2 nitrogen and oxygen atoms in total. The molecule has 9 aromatic rings. The molecule has 0 amide bonds. The fourth-order valence-electron chi connectivity index (χ4n) is 6.52. The third kappa shape index (κ3) is 1.70. The Morgan fingerprint density at radius 1 is 0.394 bits per heavy atom. The van der Waals surface area contributed by atoms with E-state index in [0.717, 1.165) is 0 Å². The van der Waals surface area contributed by atoms with Gasteiger partial charge >= 0.3 is 0 Å². The molecule has 0 radical (unpaired) electrons. The van der Waals surface area contributed by atoms with Gasteiger partial charge in [0.25, 0.3) is 0 Å². The van der Waals surface area contributed by atoms with E-state index in [0.29, 0.717) is 0 Å². The summed E-state index contributed by atoms with van der Waals surface area (Å²) >= 11 is 0. The summed E-state index contributed by atoms with van der Waals surface area (Å²) in [6, 6.07) is 34.0. The minimum absolute atomic E-state index is 1.28. The molecule has 0 unspecified atom stereocenters. The molecule has 0 bridgehead atoms. The highest BCUT2D eigenvalue weighted by Gasteiger charge is 2.21. The molecule has 0 saturated carbocycles. The van der Waals surface area contributed by atoms with Crippen LogP contribution in [0.5, 0.6) is 0 Å². The van der Waals surface area contributed by atoms with Gasteiger partial charge in [-0.1, -0.05) is 66.2 Å². The Morgan fingerprint density at radius 3 is 1.58 bits per heavy atom. The van der Waals surface area contributed by atoms with Gasteiger partial charge in [0.05, 0.1) is 33.1 Å². The van der Waals surface area contributed by atoms with Crippen LogP contribution in [0, 0.1) is 6.92 Å². The zero-order chi connectivity index (χ0) is 21.4. The van der Waals surface area contributed by atoms with Crippen LogP contribution >= 0.6 is 0 Å². The molecular weight excluding hydrogens is 400 g/mol. The van der Waals surface area contributed by atoms with Gasteiger partial charge in [0, 0.05) is 43.1 Å². The van der Waals surface area contributed by atoms with Crippen LogP contribution < -0.4 is 0 Å². The van der Waals surface area contributed by atoms with E-state index in [1.165, 1.54) is 81.8 Å². The summed E-state index contributed by atoms with van der Waals surface area (Å²) < 4.78 is 4.96. The molecule has 4 aromatic heterocycles. The maximum absolute atomic E-state index is 2.49. The van der Waals surface area contributed by atoms with E-state index >= 15 is 0 Å². The van der Waals surface area contributed by atoms with Gasteiger partial charge in [-0.25, -0.2) is 0 Å². The van der Waals surface area contributed by atoms with Crippen LogP contribution in [0.4, 0.5) is 0 Å². The van der Waals surface area contributed by atoms with Crippen molar-refractivity contribution in [3.8, 4) is 0 Å². The van der Waals surface area contributed by atoms with E-state index in [2.05, 4.69) is 107 Å². The Bertz CT molecular complexity index is 2240. The van der Waals surface area contributed by atoms with E-state index in [-0.39, 0.29) is 0 Å². The molecular formula is C31H18N2. The third-order valence-corrected chi connectivity index (χ3v) is 7.81. The number of hydrogen-bond donors (Lipinski definition) is 0. The molecule has 0 aliphatic heterocycles. The number of para-hydroxylation sites is 3. The van der Waals surface area contributed by atoms with Gasteiger partial charge in [0.1, 0.15) is 0 Å². The second-order valence-electron chi connectivity index (χ2n) is 9.50. The van der Waals surface area contributed by atoms with Gasteiger partial charge in [0.15, 0.2) is 0 Å². The second-order valence-corrected chi connectivity index (χ2v) is 9.50. The molecule has 152 valence electrons. The lowest BCUT2D eigenvalue weighted by Crippen LogP contribution is -1.84. The van der Waals surface area contributed by atoms with Crippen LogP contribution in [0.25, 0.3) is 76.2 Å². The number of hydrogen-bond acceptors (Lipinski definition) is 0. The van der Waals surface area contributed by atoms with Crippen molar-refractivity contribution >= 4 is 76.2 Å². The van der Waals surface area contributed by atoms with Gasteiger partial charge in [-0.3, -0.25) is 0 Å². The third-order valence-electron chi connectivity index (χ3n) is 7.81. The van der Waals surface area contributed by atoms with Crippen molar-refractivity contribution < 1.29 is 0 Å². The number of nitrogens with zero attached hydrogens (tertiary/aromatic N) is 2. The highest BCUT2D eigenvalue weighted by molar-refractivity contribution is 6.28. The van der Waals surface area contributed by atoms with Crippen molar-refractivity contribution in [2.75, 3.05) is 0 Å². The Morgan fingerprint density at radius 2 is 0.909 bits per heavy atom. The lowest BCUT2D eigenvalue weighted by atomic mass is 10.0. The van der Waals surface area contributed by atoms with Crippen molar-refractivity contribution in [2.24, 2.45) is 0 Å². The maximum atomic E-state index is 2.49. The molecule has 2 heteroatoms. The number of fused-ring (bicyclic) bond motifs is 12. The van der Waals surface area contributed by atoms with Crippen LogP contribution in [0.1, 0.15) is 5.56 Å². The number of rotatable bonds is 0. The van der Waals surface area contributed by atoms with Crippen molar-refractivity contribution in [1.29, 1.82) is 0 Å². The normalized spacial score (nSPS) is 13.0. The fraction of sp³-hybridized carbons (Fsp3) is 0.0323.